The molecule has 1 fully saturated rings. The zero-order chi connectivity index (χ0) is 24.5. The van der Waals surface area contributed by atoms with Crippen molar-refractivity contribution in [1.82, 2.24) is 15.2 Å². The third-order valence-corrected chi connectivity index (χ3v) is 5.93. The first-order valence-corrected chi connectivity index (χ1v) is 11.8. The largest absolute Gasteiger partial charge is 0.487 e. The van der Waals surface area contributed by atoms with E-state index in [2.05, 4.69) is 10.3 Å². The van der Waals surface area contributed by atoms with Gasteiger partial charge in [0.25, 0.3) is 11.1 Å². The van der Waals surface area contributed by atoms with E-state index >= 15 is 0 Å². The van der Waals surface area contributed by atoms with Crippen molar-refractivity contribution in [3.8, 4) is 5.75 Å². The maximum absolute atomic E-state index is 12.5. The van der Waals surface area contributed by atoms with Gasteiger partial charge in [-0.2, -0.15) is 0 Å². The summed E-state index contributed by atoms with van der Waals surface area (Å²) in [6.07, 6.45) is 6.51. The number of rotatable bonds is 9. The van der Waals surface area contributed by atoms with Crippen LogP contribution in [-0.2, 0) is 16.2 Å². The van der Waals surface area contributed by atoms with Gasteiger partial charge in [0, 0.05) is 25.4 Å². The molecule has 1 aliphatic rings. The number of amides is 3. The zero-order valence-electron chi connectivity index (χ0n) is 18.8. The maximum atomic E-state index is 12.5. The molecule has 35 heavy (non-hydrogen) atoms. The summed E-state index contributed by atoms with van der Waals surface area (Å²) in [5.41, 5.74) is 2.53. The quantitative estimate of drug-likeness (QED) is 0.448. The van der Waals surface area contributed by atoms with E-state index in [0.29, 0.717) is 17.3 Å². The number of thioether (sulfide) groups is 1. The van der Waals surface area contributed by atoms with E-state index in [1.807, 2.05) is 72.8 Å². The number of aromatic nitrogens is 1. The second kappa shape index (κ2) is 11.8. The second-order valence-corrected chi connectivity index (χ2v) is 8.54. The number of nitrogens with zero attached hydrogens (tertiary/aromatic N) is 2. The molecule has 0 aliphatic carbocycles. The highest BCUT2D eigenvalue weighted by molar-refractivity contribution is 8.18. The summed E-state index contributed by atoms with van der Waals surface area (Å²) in [5.74, 6) is 0.0435. The highest BCUT2D eigenvalue weighted by Crippen LogP contribution is 2.31. The van der Waals surface area contributed by atoms with Crippen molar-refractivity contribution in [2.24, 2.45) is 0 Å². The van der Waals surface area contributed by atoms with Crippen LogP contribution in [0.15, 0.2) is 90.0 Å². The molecule has 0 radical (unpaired) electrons. The molecule has 1 N–H and O–H groups in total. The van der Waals surface area contributed by atoms with Crippen LogP contribution in [-0.4, -0.2) is 40.0 Å². The van der Waals surface area contributed by atoms with Crippen LogP contribution in [0.1, 0.15) is 16.8 Å². The van der Waals surface area contributed by atoms with Crippen molar-refractivity contribution < 1.29 is 19.1 Å². The summed E-state index contributed by atoms with van der Waals surface area (Å²) in [6.45, 7) is 0.654. The predicted octanol–water partition coefficient (Wildman–Crippen LogP) is 4.53. The van der Waals surface area contributed by atoms with Crippen LogP contribution < -0.4 is 10.1 Å². The lowest BCUT2D eigenvalue weighted by Gasteiger charge is -2.12. The Bertz CT molecular complexity index is 1240. The summed E-state index contributed by atoms with van der Waals surface area (Å²) in [7, 11) is 0. The minimum atomic E-state index is -0.348. The molecule has 1 saturated heterocycles. The normalized spacial score (nSPS) is 14.6. The minimum absolute atomic E-state index is 0.110. The monoisotopic (exact) mass is 485 g/mol. The summed E-state index contributed by atoms with van der Waals surface area (Å²) in [4.78, 5) is 42.6. The Hall–Kier alpha value is -4.17. The molecule has 0 atom stereocenters. The summed E-state index contributed by atoms with van der Waals surface area (Å²) in [6, 6.07) is 22.3. The smallest absolute Gasteiger partial charge is 0.293 e. The van der Waals surface area contributed by atoms with Gasteiger partial charge in [-0.3, -0.25) is 24.3 Å². The van der Waals surface area contributed by atoms with Gasteiger partial charge >= 0.3 is 0 Å². The average molecular weight is 486 g/mol. The Morgan fingerprint density at radius 2 is 1.74 bits per heavy atom. The summed E-state index contributed by atoms with van der Waals surface area (Å²) < 4.78 is 5.70. The maximum Gasteiger partial charge on any atom is 0.293 e. The Morgan fingerprint density at radius 1 is 0.971 bits per heavy atom. The van der Waals surface area contributed by atoms with Crippen LogP contribution >= 0.6 is 11.8 Å². The molecule has 0 bridgehead atoms. The third kappa shape index (κ3) is 6.91. The topological polar surface area (TPSA) is 88.6 Å². The van der Waals surface area contributed by atoms with Gasteiger partial charge in [0.15, 0.2) is 0 Å². The van der Waals surface area contributed by atoms with E-state index in [9.17, 15) is 14.4 Å². The van der Waals surface area contributed by atoms with Crippen LogP contribution in [0.25, 0.3) is 12.2 Å². The van der Waals surface area contributed by atoms with Gasteiger partial charge in [0.2, 0.25) is 5.91 Å². The SMILES string of the molecule is O=C(/C=C/c1ccc(OCc2ccccn2)cc1)NCCN1C(=O)S/C(=C/c2ccccc2)C1=O. The number of hydrogen-bond acceptors (Lipinski definition) is 6. The van der Waals surface area contributed by atoms with Crippen molar-refractivity contribution in [2.45, 2.75) is 6.61 Å². The first-order chi connectivity index (χ1) is 17.1. The second-order valence-electron chi connectivity index (χ2n) is 7.55. The Kier molecular flexibility index (Phi) is 8.08. The summed E-state index contributed by atoms with van der Waals surface area (Å²) in [5, 5.41) is 2.36. The van der Waals surface area contributed by atoms with Gasteiger partial charge in [-0.05, 0) is 59.3 Å². The van der Waals surface area contributed by atoms with Gasteiger partial charge in [-0.25, -0.2) is 0 Å². The number of carbonyl (C=O) groups excluding carboxylic acids is 3. The molecule has 8 heteroatoms. The lowest BCUT2D eigenvalue weighted by molar-refractivity contribution is -0.123. The highest BCUT2D eigenvalue weighted by Gasteiger charge is 2.34. The standard InChI is InChI=1S/C27H23N3O4S/c31-25(14-11-20-9-12-23(13-10-20)34-19-22-8-4-5-15-28-22)29-16-17-30-26(32)24(35-27(30)33)18-21-6-2-1-3-7-21/h1-15,18H,16-17,19H2,(H,29,31)/b14-11+,24-18+. The Balaban J connectivity index is 1.22. The van der Waals surface area contributed by atoms with Crippen molar-refractivity contribution in [3.05, 3.63) is 107 Å². The number of benzene rings is 2. The number of pyridine rings is 1. The molecule has 3 amide bonds. The van der Waals surface area contributed by atoms with Gasteiger partial charge in [-0.15, -0.1) is 0 Å². The first kappa shape index (κ1) is 24.0. The van der Waals surface area contributed by atoms with Crippen LogP contribution in [0.5, 0.6) is 5.75 Å². The molecule has 0 unspecified atom stereocenters. The first-order valence-electron chi connectivity index (χ1n) is 11.0. The van der Waals surface area contributed by atoms with E-state index in [-0.39, 0.29) is 30.1 Å². The van der Waals surface area contributed by atoms with E-state index < -0.39 is 0 Å². The molecule has 7 nitrogen and oxygen atoms in total. The molecule has 3 aromatic rings. The van der Waals surface area contributed by atoms with Crippen LogP contribution in [0.4, 0.5) is 4.79 Å². The lowest BCUT2D eigenvalue weighted by Crippen LogP contribution is -2.36. The number of imide groups is 1. The number of carbonyl (C=O) groups is 3. The molecular formula is C27H23N3O4S. The predicted molar refractivity (Wildman–Crippen MR) is 136 cm³/mol. The van der Waals surface area contributed by atoms with E-state index in [0.717, 1.165) is 33.5 Å². The fourth-order valence-electron chi connectivity index (χ4n) is 3.23. The molecule has 2 aromatic carbocycles. The number of nitrogens with one attached hydrogen (secondary N) is 1. The van der Waals surface area contributed by atoms with Gasteiger partial charge in [-0.1, -0.05) is 48.5 Å². The van der Waals surface area contributed by atoms with Crippen molar-refractivity contribution in [3.63, 3.8) is 0 Å². The zero-order valence-corrected chi connectivity index (χ0v) is 19.6. The van der Waals surface area contributed by atoms with Gasteiger partial charge in [0.05, 0.1) is 10.6 Å². The molecule has 1 aromatic heterocycles. The van der Waals surface area contributed by atoms with Gasteiger partial charge < -0.3 is 10.1 Å². The van der Waals surface area contributed by atoms with Gasteiger partial charge in [0.1, 0.15) is 12.4 Å². The summed E-state index contributed by atoms with van der Waals surface area (Å²) >= 11 is 0.904. The molecular weight excluding hydrogens is 462 g/mol. The van der Waals surface area contributed by atoms with Crippen molar-refractivity contribution >= 4 is 41.0 Å². The van der Waals surface area contributed by atoms with Crippen LogP contribution in [0.2, 0.25) is 0 Å². The molecule has 0 saturated carbocycles. The third-order valence-electron chi connectivity index (χ3n) is 5.03. The molecule has 176 valence electrons. The molecule has 0 spiro atoms. The van der Waals surface area contributed by atoms with E-state index in [1.54, 1.807) is 18.3 Å². The highest BCUT2D eigenvalue weighted by atomic mass is 32.2. The van der Waals surface area contributed by atoms with Crippen LogP contribution in [0.3, 0.4) is 0 Å². The minimum Gasteiger partial charge on any atom is -0.487 e. The Morgan fingerprint density at radius 3 is 2.49 bits per heavy atom. The average Bonchev–Trinajstić information content (AvgIpc) is 3.15. The molecule has 4 rings (SSSR count). The van der Waals surface area contributed by atoms with Crippen molar-refractivity contribution in [2.75, 3.05) is 13.1 Å². The molecule has 1 aliphatic heterocycles. The Labute approximate surface area is 207 Å². The fraction of sp³-hybridized carbons (Fsp3) is 0.111. The fourth-order valence-corrected chi connectivity index (χ4v) is 4.10. The number of ether oxygens (including phenoxy) is 1. The van der Waals surface area contributed by atoms with Crippen LogP contribution in [0, 0.1) is 0 Å². The lowest BCUT2D eigenvalue weighted by atomic mass is 10.2. The number of hydrogen-bond donors (Lipinski definition) is 1. The van der Waals surface area contributed by atoms with Crippen molar-refractivity contribution in [1.29, 1.82) is 0 Å². The van der Waals surface area contributed by atoms with E-state index in [1.165, 1.54) is 6.08 Å². The van der Waals surface area contributed by atoms with E-state index in [4.69, 9.17) is 4.74 Å². The molecule has 2 heterocycles.